The van der Waals surface area contributed by atoms with Gasteiger partial charge in [0.15, 0.2) is 9.84 Å². The minimum absolute atomic E-state index is 0.00161. The maximum Gasteiger partial charge on any atom is 0.296 e. The quantitative estimate of drug-likeness (QED) is 0.343. The summed E-state index contributed by atoms with van der Waals surface area (Å²) in [5.74, 6) is -0.799. The molecule has 0 saturated heterocycles. The third-order valence-corrected chi connectivity index (χ3v) is 5.88. The first kappa shape index (κ1) is 19.7. The van der Waals surface area contributed by atoms with Crippen molar-refractivity contribution in [2.45, 2.75) is 17.7 Å². The molecule has 0 aliphatic carbocycles. The number of carbonyl (C=O) groups excluding carboxylic acids is 1. The van der Waals surface area contributed by atoms with Crippen molar-refractivity contribution in [1.29, 1.82) is 0 Å². The largest absolute Gasteiger partial charge is 0.398 e. The number of nitrogens with two attached hydrogens (primary N) is 1. The number of nitrogens with one attached hydrogen (secondary N) is 1. The minimum atomic E-state index is -4.50. The van der Waals surface area contributed by atoms with Crippen molar-refractivity contribution in [3.8, 4) is 0 Å². The molecule has 1 aromatic carbocycles. The van der Waals surface area contributed by atoms with Gasteiger partial charge in [0.05, 0.1) is 17.2 Å². The van der Waals surface area contributed by atoms with Crippen LogP contribution in [-0.4, -0.2) is 44.7 Å². The van der Waals surface area contributed by atoms with E-state index in [9.17, 15) is 21.6 Å². The summed E-state index contributed by atoms with van der Waals surface area (Å²) in [4.78, 5) is 11.2. The SMILES string of the molecule is Nc1ccc(NC(=O)CCCS(=O)(=O)CCCl)cc1S(=O)(=O)O. The molecular weight excluding hydrogens is 368 g/mol. The molecule has 0 aromatic heterocycles. The van der Waals surface area contributed by atoms with Gasteiger partial charge in [-0.25, -0.2) is 8.42 Å². The fraction of sp³-hybridized carbons (Fsp3) is 0.417. The molecule has 0 aliphatic rings. The summed E-state index contributed by atoms with van der Waals surface area (Å²) in [6.45, 7) is 0. The van der Waals surface area contributed by atoms with E-state index in [-0.39, 0.29) is 41.6 Å². The number of hydrogen-bond acceptors (Lipinski definition) is 6. The van der Waals surface area contributed by atoms with Gasteiger partial charge >= 0.3 is 0 Å². The highest BCUT2D eigenvalue weighted by molar-refractivity contribution is 7.91. The number of benzene rings is 1. The molecule has 0 unspecified atom stereocenters. The number of sulfone groups is 1. The Morgan fingerprint density at radius 1 is 1.22 bits per heavy atom. The van der Waals surface area contributed by atoms with Crippen molar-refractivity contribution >= 4 is 48.8 Å². The Balaban J connectivity index is 2.65. The van der Waals surface area contributed by atoms with E-state index in [1.54, 1.807) is 0 Å². The average Bonchev–Trinajstić information content (AvgIpc) is 2.39. The second kappa shape index (κ2) is 7.95. The average molecular weight is 385 g/mol. The van der Waals surface area contributed by atoms with E-state index in [0.717, 1.165) is 6.07 Å². The van der Waals surface area contributed by atoms with Crippen LogP contribution in [0.5, 0.6) is 0 Å². The summed E-state index contributed by atoms with van der Waals surface area (Å²) in [6.07, 6.45) is 0.0539. The molecule has 11 heteroatoms. The maximum atomic E-state index is 11.7. The summed E-state index contributed by atoms with van der Waals surface area (Å²) in [5, 5.41) is 2.41. The number of alkyl halides is 1. The molecule has 4 N–H and O–H groups in total. The van der Waals surface area contributed by atoms with Crippen molar-refractivity contribution < 1.29 is 26.2 Å². The summed E-state index contributed by atoms with van der Waals surface area (Å²) < 4.78 is 54.1. The van der Waals surface area contributed by atoms with Crippen molar-refractivity contribution in [2.75, 3.05) is 28.4 Å². The fourth-order valence-corrected chi connectivity index (χ4v) is 4.10. The zero-order valence-electron chi connectivity index (χ0n) is 12.0. The number of carbonyl (C=O) groups is 1. The van der Waals surface area contributed by atoms with Crippen molar-refractivity contribution in [3.63, 3.8) is 0 Å². The molecule has 0 heterocycles. The molecule has 8 nitrogen and oxygen atoms in total. The van der Waals surface area contributed by atoms with Crippen LogP contribution in [-0.2, 0) is 24.7 Å². The van der Waals surface area contributed by atoms with Crippen LogP contribution in [0.4, 0.5) is 11.4 Å². The molecular formula is C12H17ClN2O6S2. The van der Waals surface area contributed by atoms with Gasteiger partial charge in [0.25, 0.3) is 10.1 Å². The number of anilines is 2. The Morgan fingerprint density at radius 3 is 2.43 bits per heavy atom. The third-order valence-electron chi connectivity index (χ3n) is 2.82. The minimum Gasteiger partial charge on any atom is -0.398 e. The summed E-state index contributed by atoms with van der Waals surface area (Å²) in [6, 6.07) is 3.61. The number of halogens is 1. The standard InChI is InChI=1S/C12H17ClN2O6S2/c13-5-7-22(17,18)6-1-2-12(16)15-9-3-4-10(14)11(8-9)23(19,20)21/h3-4,8H,1-2,5-7,14H2,(H,15,16)(H,19,20,21). The lowest BCUT2D eigenvalue weighted by molar-refractivity contribution is -0.116. The van der Waals surface area contributed by atoms with Crippen molar-refractivity contribution in [2.24, 2.45) is 0 Å². The third kappa shape index (κ3) is 6.73. The van der Waals surface area contributed by atoms with Crippen LogP contribution in [0.2, 0.25) is 0 Å². The predicted octanol–water partition coefficient (Wildman–Crippen LogP) is 0.888. The number of nitrogen functional groups attached to an aromatic ring is 1. The van der Waals surface area contributed by atoms with Crippen molar-refractivity contribution in [3.05, 3.63) is 18.2 Å². The van der Waals surface area contributed by atoms with E-state index in [4.69, 9.17) is 21.9 Å². The highest BCUT2D eigenvalue weighted by atomic mass is 35.5. The molecule has 0 bridgehead atoms. The van der Waals surface area contributed by atoms with Gasteiger partial charge in [0, 0.05) is 18.0 Å². The summed E-state index contributed by atoms with van der Waals surface area (Å²) >= 11 is 5.36. The first-order valence-corrected chi connectivity index (χ1v) is 10.3. The van der Waals surface area contributed by atoms with Gasteiger partial charge in [-0.15, -0.1) is 11.6 Å². The van der Waals surface area contributed by atoms with Gasteiger partial charge in [-0.2, -0.15) is 8.42 Å². The van der Waals surface area contributed by atoms with Crippen LogP contribution in [0.15, 0.2) is 23.1 Å². The van der Waals surface area contributed by atoms with Crippen LogP contribution in [0.25, 0.3) is 0 Å². The molecule has 0 atom stereocenters. The maximum absolute atomic E-state index is 11.7. The van der Waals surface area contributed by atoms with E-state index in [1.165, 1.54) is 12.1 Å². The van der Waals surface area contributed by atoms with E-state index in [0.29, 0.717) is 0 Å². The number of rotatable bonds is 8. The molecule has 0 spiro atoms. The molecule has 0 radical (unpaired) electrons. The van der Waals surface area contributed by atoms with Crippen LogP contribution < -0.4 is 11.1 Å². The molecule has 0 saturated carbocycles. The van der Waals surface area contributed by atoms with Gasteiger partial charge in [0.2, 0.25) is 5.91 Å². The second-order valence-electron chi connectivity index (χ2n) is 4.72. The molecule has 0 fully saturated rings. The molecule has 1 rings (SSSR count). The van der Waals surface area contributed by atoms with E-state index < -0.39 is 30.8 Å². The van der Waals surface area contributed by atoms with Gasteiger partial charge in [-0.3, -0.25) is 9.35 Å². The highest BCUT2D eigenvalue weighted by Gasteiger charge is 2.16. The lowest BCUT2D eigenvalue weighted by Crippen LogP contribution is -2.16. The van der Waals surface area contributed by atoms with Crippen LogP contribution in [0, 0.1) is 0 Å². The smallest absolute Gasteiger partial charge is 0.296 e. The van der Waals surface area contributed by atoms with Crippen LogP contribution in [0.3, 0.4) is 0 Å². The van der Waals surface area contributed by atoms with Gasteiger partial charge < -0.3 is 11.1 Å². The molecule has 23 heavy (non-hydrogen) atoms. The van der Waals surface area contributed by atoms with Gasteiger partial charge in [0.1, 0.15) is 4.90 Å². The molecule has 130 valence electrons. The van der Waals surface area contributed by atoms with E-state index in [1.807, 2.05) is 0 Å². The fourth-order valence-electron chi connectivity index (χ4n) is 1.73. The number of hydrogen-bond donors (Lipinski definition) is 3. The lowest BCUT2D eigenvalue weighted by Gasteiger charge is -2.08. The topological polar surface area (TPSA) is 144 Å². The van der Waals surface area contributed by atoms with E-state index in [2.05, 4.69) is 5.32 Å². The van der Waals surface area contributed by atoms with E-state index >= 15 is 0 Å². The molecule has 0 aliphatic heterocycles. The summed E-state index contributed by atoms with van der Waals surface area (Å²) in [7, 11) is -7.78. The Labute approximate surface area is 139 Å². The monoisotopic (exact) mass is 384 g/mol. The summed E-state index contributed by atoms with van der Waals surface area (Å²) in [5.41, 5.74) is 5.40. The second-order valence-corrected chi connectivity index (χ2v) is 8.79. The number of amides is 1. The predicted molar refractivity (Wildman–Crippen MR) is 87.9 cm³/mol. The van der Waals surface area contributed by atoms with Crippen molar-refractivity contribution in [1.82, 2.24) is 0 Å². The zero-order chi connectivity index (χ0) is 17.7. The molecule has 1 amide bonds. The Kier molecular flexibility index (Phi) is 6.81. The van der Waals surface area contributed by atoms with Crippen LogP contribution >= 0.6 is 11.6 Å². The lowest BCUT2D eigenvalue weighted by atomic mass is 10.2. The normalized spacial score (nSPS) is 12.1. The highest BCUT2D eigenvalue weighted by Crippen LogP contribution is 2.22. The Bertz CT molecular complexity index is 777. The first-order valence-electron chi connectivity index (χ1n) is 6.48. The Morgan fingerprint density at radius 2 is 1.87 bits per heavy atom. The zero-order valence-corrected chi connectivity index (χ0v) is 14.4. The first-order chi connectivity index (χ1) is 10.5. The van der Waals surface area contributed by atoms with Gasteiger partial charge in [-0.05, 0) is 24.6 Å². The van der Waals surface area contributed by atoms with Crippen LogP contribution in [0.1, 0.15) is 12.8 Å². The van der Waals surface area contributed by atoms with Gasteiger partial charge in [-0.1, -0.05) is 0 Å². The molecule has 1 aromatic rings. The Hall–Kier alpha value is -1.36.